The second-order valence-corrected chi connectivity index (χ2v) is 6.89. The molecule has 0 aliphatic carbocycles. The van der Waals surface area contributed by atoms with E-state index in [0.29, 0.717) is 17.2 Å². The van der Waals surface area contributed by atoms with Crippen molar-refractivity contribution < 1.29 is 4.39 Å². The topological polar surface area (TPSA) is 96.3 Å². The van der Waals surface area contributed by atoms with Gasteiger partial charge in [0.15, 0.2) is 5.82 Å². The van der Waals surface area contributed by atoms with Crippen LogP contribution in [0.2, 0.25) is 0 Å². The second kappa shape index (κ2) is 6.56. The number of nitrogens with zero attached hydrogens (tertiary/aromatic N) is 3. The third-order valence-corrected chi connectivity index (χ3v) is 5.08. The van der Waals surface area contributed by atoms with Crippen molar-refractivity contribution in [2.75, 3.05) is 5.73 Å². The molecule has 0 unspecified atom stereocenters. The van der Waals surface area contributed by atoms with Gasteiger partial charge in [-0.1, -0.05) is 6.07 Å². The van der Waals surface area contributed by atoms with Crippen LogP contribution in [0.4, 0.5) is 10.1 Å². The van der Waals surface area contributed by atoms with Gasteiger partial charge in [0, 0.05) is 17.1 Å². The van der Waals surface area contributed by atoms with Crippen LogP contribution in [-0.4, -0.2) is 25.1 Å². The predicted molar refractivity (Wildman–Crippen MR) is 111 cm³/mol. The highest BCUT2D eigenvalue weighted by Gasteiger charge is 2.14. The van der Waals surface area contributed by atoms with Crippen molar-refractivity contribution in [1.82, 2.24) is 25.1 Å². The third-order valence-electron chi connectivity index (χ3n) is 5.08. The Balaban J connectivity index is 1.59. The van der Waals surface area contributed by atoms with Crippen molar-refractivity contribution in [3.05, 3.63) is 72.4 Å². The van der Waals surface area contributed by atoms with Gasteiger partial charge < -0.3 is 10.7 Å². The molecule has 4 N–H and O–H groups in total. The van der Waals surface area contributed by atoms with Gasteiger partial charge in [-0.15, -0.1) is 0 Å². The minimum absolute atomic E-state index is 0.273. The van der Waals surface area contributed by atoms with Gasteiger partial charge in [0.1, 0.15) is 11.5 Å². The van der Waals surface area contributed by atoms with E-state index in [1.54, 1.807) is 24.5 Å². The summed E-state index contributed by atoms with van der Waals surface area (Å²) in [7, 11) is 0. The van der Waals surface area contributed by atoms with E-state index in [2.05, 4.69) is 31.2 Å². The Bertz CT molecular complexity index is 1330. The van der Waals surface area contributed by atoms with E-state index in [-0.39, 0.29) is 5.82 Å². The number of imidazole rings is 1. The van der Waals surface area contributed by atoms with Crippen LogP contribution in [0.5, 0.6) is 0 Å². The first-order chi connectivity index (χ1) is 14.1. The summed E-state index contributed by atoms with van der Waals surface area (Å²) in [5, 5.41) is 8.42. The largest absolute Gasteiger partial charge is 0.397 e. The van der Waals surface area contributed by atoms with Crippen LogP contribution in [0.25, 0.3) is 44.8 Å². The fraction of sp³-hybridized carbons (Fsp3) is 0.0455. The normalized spacial score (nSPS) is 11.2. The summed E-state index contributed by atoms with van der Waals surface area (Å²) in [4.78, 5) is 12.0. The Hall–Kier alpha value is -4.00. The number of fused-ring (bicyclic) bond motifs is 1. The number of H-pyrrole nitrogens is 2. The molecule has 0 aliphatic rings. The zero-order valence-corrected chi connectivity index (χ0v) is 15.6. The molecular formula is C22H17FN6. The summed E-state index contributed by atoms with van der Waals surface area (Å²) in [5.41, 5.74) is 12.9. The number of halogens is 1. The molecule has 0 saturated heterocycles. The lowest BCUT2D eigenvalue weighted by Gasteiger charge is -2.08. The van der Waals surface area contributed by atoms with Gasteiger partial charge in [0.2, 0.25) is 0 Å². The number of nitrogens with two attached hydrogens (primary N) is 1. The molecule has 0 radical (unpaired) electrons. The van der Waals surface area contributed by atoms with E-state index in [9.17, 15) is 4.39 Å². The number of nitrogen functional groups attached to an aromatic ring is 1. The van der Waals surface area contributed by atoms with Gasteiger partial charge in [0.05, 0.1) is 29.3 Å². The molecule has 3 heterocycles. The fourth-order valence-corrected chi connectivity index (χ4v) is 3.41. The molecule has 6 nitrogen and oxygen atoms in total. The van der Waals surface area contributed by atoms with E-state index in [1.165, 1.54) is 12.1 Å². The van der Waals surface area contributed by atoms with Crippen molar-refractivity contribution in [2.24, 2.45) is 0 Å². The molecule has 0 aliphatic heterocycles. The first kappa shape index (κ1) is 17.1. The molecule has 0 fully saturated rings. The summed E-state index contributed by atoms with van der Waals surface area (Å²) in [6.07, 6.45) is 5.19. The zero-order valence-electron chi connectivity index (χ0n) is 15.6. The minimum Gasteiger partial charge on any atom is -0.397 e. The molecule has 29 heavy (non-hydrogen) atoms. The van der Waals surface area contributed by atoms with Gasteiger partial charge >= 0.3 is 0 Å². The van der Waals surface area contributed by atoms with E-state index in [1.807, 2.05) is 25.3 Å². The second-order valence-electron chi connectivity index (χ2n) is 6.89. The van der Waals surface area contributed by atoms with Gasteiger partial charge in [-0.2, -0.15) is 5.10 Å². The van der Waals surface area contributed by atoms with E-state index < -0.39 is 0 Å². The van der Waals surface area contributed by atoms with Crippen LogP contribution in [0.1, 0.15) is 5.56 Å². The number of aromatic amines is 2. The molecule has 0 bridgehead atoms. The molecule has 0 saturated carbocycles. The first-order valence-electron chi connectivity index (χ1n) is 9.10. The van der Waals surface area contributed by atoms with Crippen LogP contribution < -0.4 is 5.73 Å². The fourth-order valence-electron chi connectivity index (χ4n) is 3.41. The van der Waals surface area contributed by atoms with Gasteiger partial charge in [-0.05, 0) is 60.0 Å². The van der Waals surface area contributed by atoms with Crippen molar-refractivity contribution >= 4 is 16.6 Å². The molecule has 142 valence electrons. The lowest BCUT2D eigenvalue weighted by Crippen LogP contribution is -1.94. The standard InChI is InChI=1S/C22H17FN6/c1-12-17(9-25-10-18(12)24)14-4-7-19-16(8-14)21(29-28-19)22-26-11-20(27-22)13-2-5-15(23)6-3-13/h2-11H,24H2,1H3,(H,26,27)(H,28,29). The number of pyridine rings is 1. The summed E-state index contributed by atoms with van der Waals surface area (Å²) in [6.45, 7) is 1.98. The molecule has 0 spiro atoms. The zero-order chi connectivity index (χ0) is 20.0. The summed E-state index contributed by atoms with van der Waals surface area (Å²) in [6, 6.07) is 12.3. The van der Waals surface area contributed by atoms with Crippen LogP contribution in [-0.2, 0) is 0 Å². The van der Waals surface area contributed by atoms with Crippen molar-refractivity contribution in [2.45, 2.75) is 6.92 Å². The average molecular weight is 384 g/mol. The van der Waals surface area contributed by atoms with Crippen LogP contribution in [0.15, 0.2) is 61.1 Å². The molecule has 5 rings (SSSR count). The predicted octanol–water partition coefficient (Wildman–Crippen LogP) is 4.71. The van der Waals surface area contributed by atoms with Crippen LogP contribution in [0.3, 0.4) is 0 Å². The molecule has 2 aromatic carbocycles. The van der Waals surface area contributed by atoms with Crippen LogP contribution in [0, 0.1) is 12.7 Å². The Kier molecular flexibility index (Phi) is 3.87. The Morgan fingerprint density at radius 3 is 2.59 bits per heavy atom. The van der Waals surface area contributed by atoms with E-state index >= 15 is 0 Å². The maximum absolute atomic E-state index is 13.2. The number of anilines is 1. The van der Waals surface area contributed by atoms with Crippen LogP contribution >= 0.6 is 0 Å². The number of nitrogens with one attached hydrogen (secondary N) is 2. The van der Waals surface area contributed by atoms with E-state index in [4.69, 9.17) is 5.73 Å². The number of rotatable bonds is 3. The van der Waals surface area contributed by atoms with E-state index in [0.717, 1.165) is 38.9 Å². The Morgan fingerprint density at radius 1 is 0.966 bits per heavy atom. The number of aromatic nitrogens is 5. The molecule has 0 atom stereocenters. The maximum Gasteiger partial charge on any atom is 0.159 e. The summed E-state index contributed by atoms with van der Waals surface area (Å²) >= 11 is 0. The quantitative estimate of drug-likeness (QED) is 0.420. The van der Waals surface area contributed by atoms with Crippen molar-refractivity contribution in [3.8, 4) is 33.9 Å². The minimum atomic E-state index is -0.273. The SMILES string of the molecule is Cc1c(N)cncc1-c1ccc2[nH]nc(-c3ncc(-c4ccc(F)cc4)[nH]3)c2c1. The average Bonchev–Trinajstić information content (AvgIpc) is 3.37. The molecular weight excluding hydrogens is 367 g/mol. The van der Waals surface area contributed by atoms with Gasteiger partial charge in [-0.3, -0.25) is 10.1 Å². The number of hydrogen-bond donors (Lipinski definition) is 3. The molecule has 7 heteroatoms. The van der Waals surface area contributed by atoms with Gasteiger partial charge in [0.25, 0.3) is 0 Å². The highest BCUT2D eigenvalue weighted by Crippen LogP contribution is 2.32. The molecule has 5 aromatic rings. The smallest absolute Gasteiger partial charge is 0.159 e. The molecule has 3 aromatic heterocycles. The maximum atomic E-state index is 13.2. The Labute approximate surface area is 165 Å². The summed E-state index contributed by atoms with van der Waals surface area (Å²) < 4.78 is 13.2. The number of benzene rings is 2. The summed E-state index contributed by atoms with van der Waals surface area (Å²) in [5.74, 6) is 0.362. The first-order valence-corrected chi connectivity index (χ1v) is 9.10. The third kappa shape index (κ3) is 2.93. The number of hydrogen-bond acceptors (Lipinski definition) is 4. The lowest BCUT2D eigenvalue weighted by molar-refractivity contribution is 0.628. The highest BCUT2D eigenvalue weighted by atomic mass is 19.1. The molecule has 0 amide bonds. The van der Waals surface area contributed by atoms with Crippen molar-refractivity contribution in [1.29, 1.82) is 0 Å². The monoisotopic (exact) mass is 384 g/mol. The lowest BCUT2D eigenvalue weighted by atomic mass is 10.00. The van der Waals surface area contributed by atoms with Gasteiger partial charge in [-0.25, -0.2) is 9.37 Å². The van der Waals surface area contributed by atoms with Crippen molar-refractivity contribution in [3.63, 3.8) is 0 Å². The Morgan fingerprint density at radius 2 is 1.76 bits per heavy atom. The highest BCUT2D eigenvalue weighted by molar-refractivity contribution is 5.95.